The van der Waals surface area contributed by atoms with Crippen LogP contribution in [-0.4, -0.2) is 8.42 Å². The van der Waals surface area contributed by atoms with Crippen molar-refractivity contribution in [2.24, 2.45) is 5.14 Å². The lowest BCUT2D eigenvalue weighted by atomic mass is 10.1. The van der Waals surface area contributed by atoms with Crippen molar-refractivity contribution in [3.63, 3.8) is 0 Å². The lowest BCUT2D eigenvalue weighted by Gasteiger charge is -2.14. The summed E-state index contributed by atoms with van der Waals surface area (Å²) < 4.78 is 36.2. The van der Waals surface area contributed by atoms with E-state index in [1.165, 1.54) is 18.2 Å². The van der Waals surface area contributed by atoms with E-state index in [0.29, 0.717) is 17.8 Å². The number of halogens is 1. The van der Waals surface area contributed by atoms with Gasteiger partial charge in [0, 0.05) is 17.9 Å². The Balaban J connectivity index is 2.31. The molecule has 0 amide bonds. The van der Waals surface area contributed by atoms with Gasteiger partial charge in [-0.2, -0.15) is 0 Å². The smallest absolute Gasteiger partial charge is 0.238 e. The van der Waals surface area contributed by atoms with E-state index in [9.17, 15) is 12.8 Å². The Kier molecular flexibility index (Phi) is 4.15. The van der Waals surface area contributed by atoms with Gasteiger partial charge in [0.15, 0.2) is 0 Å². The van der Waals surface area contributed by atoms with Gasteiger partial charge in [0.05, 0.1) is 4.90 Å². The number of hydrogen-bond acceptors (Lipinski definition) is 4. The molecule has 5 nitrogen and oxygen atoms in total. The maximum atomic E-state index is 13.1. The second-order valence-electron chi connectivity index (χ2n) is 4.72. The number of primary sulfonamides is 1. The molecule has 5 N–H and O–H groups in total. The Labute approximate surface area is 122 Å². The molecule has 2 aromatic carbocycles. The van der Waals surface area contributed by atoms with Crippen molar-refractivity contribution < 1.29 is 12.8 Å². The summed E-state index contributed by atoms with van der Waals surface area (Å²) in [6.07, 6.45) is 0. The van der Waals surface area contributed by atoms with Gasteiger partial charge in [0.1, 0.15) is 5.82 Å². The lowest BCUT2D eigenvalue weighted by Crippen LogP contribution is -2.15. The Hall–Kier alpha value is -2.12. The Morgan fingerprint density at radius 2 is 1.95 bits per heavy atom. The first-order valence-electron chi connectivity index (χ1n) is 6.18. The molecule has 0 saturated carbocycles. The van der Waals surface area contributed by atoms with E-state index in [1.54, 1.807) is 25.1 Å². The fraction of sp³-hybridized carbons (Fsp3) is 0.143. The summed E-state index contributed by atoms with van der Waals surface area (Å²) in [6.45, 7) is 1.97. The molecule has 0 radical (unpaired) electrons. The summed E-state index contributed by atoms with van der Waals surface area (Å²) in [6, 6.07) is 9.05. The zero-order valence-corrected chi connectivity index (χ0v) is 12.2. The molecule has 7 heteroatoms. The third kappa shape index (κ3) is 3.71. The van der Waals surface area contributed by atoms with Crippen molar-refractivity contribution in [3.05, 3.63) is 53.3 Å². The molecule has 0 atom stereocenters. The van der Waals surface area contributed by atoms with E-state index < -0.39 is 10.0 Å². The van der Waals surface area contributed by atoms with Crippen molar-refractivity contribution in [3.8, 4) is 0 Å². The maximum absolute atomic E-state index is 13.1. The minimum atomic E-state index is -3.85. The lowest BCUT2D eigenvalue weighted by molar-refractivity contribution is 0.597. The summed E-state index contributed by atoms with van der Waals surface area (Å²) in [4.78, 5) is -0.0238. The van der Waals surface area contributed by atoms with Gasteiger partial charge < -0.3 is 11.1 Å². The first kappa shape index (κ1) is 15.3. The molecule has 0 unspecified atom stereocenters. The van der Waals surface area contributed by atoms with Gasteiger partial charge in [-0.3, -0.25) is 0 Å². The third-order valence-electron chi connectivity index (χ3n) is 3.06. The summed E-state index contributed by atoms with van der Waals surface area (Å²) >= 11 is 0. The van der Waals surface area contributed by atoms with Crippen molar-refractivity contribution in [1.29, 1.82) is 0 Å². The molecule has 21 heavy (non-hydrogen) atoms. The Bertz CT molecular complexity index is 776. The molecule has 2 aromatic rings. The maximum Gasteiger partial charge on any atom is 0.238 e. The molecule has 0 spiro atoms. The van der Waals surface area contributed by atoms with Crippen LogP contribution in [0.4, 0.5) is 15.8 Å². The number of sulfonamides is 1. The molecule has 112 valence electrons. The number of benzene rings is 2. The predicted molar refractivity (Wildman–Crippen MR) is 80.7 cm³/mol. The molecular formula is C14H16FN3O2S. The topological polar surface area (TPSA) is 98.2 Å². The van der Waals surface area contributed by atoms with E-state index in [2.05, 4.69) is 5.32 Å². The highest BCUT2D eigenvalue weighted by Gasteiger charge is 2.15. The van der Waals surface area contributed by atoms with E-state index in [1.807, 2.05) is 0 Å². The molecule has 0 aliphatic carbocycles. The highest BCUT2D eigenvalue weighted by Crippen LogP contribution is 2.26. The number of anilines is 2. The second-order valence-corrected chi connectivity index (χ2v) is 6.25. The van der Waals surface area contributed by atoms with Crippen molar-refractivity contribution in [2.45, 2.75) is 18.4 Å². The third-order valence-corrected chi connectivity index (χ3v) is 4.10. The molecule has 0 aromatic heterocycles. The van der Waals surface area contributed by atoms with Crippen LogP contribution in [-0.2, 0) is 16.6 Å². The number of rotatable bonds is 4. The van der Waals surface area contributed by atoms with Crippen molar-refractivity contribution >= 4 is 21.4 Å². The van der Waals surface area contributed by atoms with Gasteiger partial charge in [-0.15, -0.1) is 0 Å². The standard InChI is InChI=1S/C14H16FN3O2S/c1-9-13(6-12(16)7-14(9)21(17,19)20)18-8-10-3-2-4-11(15)5-10/h2-7,18H,8,16H2,1H3,(H2,17,19,20). The van der Waals surface area contributed by atoms with Gasteiger partial charge >= 0.3 is 0 Å². The first-order valence-corrected chi connectivity index (χ1v) is 7.73. The van der Waals surface area contributed by atoms with Gasteiger partial charge in [-0.1, -0.05) is 12.1 Å². The van der Waals surface area contributed by atoms with E-state index in [4.69, 9.17) is 10.9 Å². The number of nitrogen functional groups attached to an aromatic ring is 1. The number of nitrogens with one attached hydrogen (secondary N) is 1. The van der Waals surface area contributed by atoms with Gasteiger partial charge in [0.25, 0.3) is 0 Å². The van der Waals surface area contributed by atoms with Crippen LogP contribution in [0.15, 0.2) is 41.3 Å². The highest BCUT2D eigenvalue weighted by molar-refractivity contribution is 7.89. The SMILES string of the molecule is Cc1c(NCc2cccc(F)c2)cc(N)cc1S(N)(=O)=O. The molecule has 0 aliphatic heterocycles. The number of nitrogens with two attached hydrogens (primary N) is 2. The van der Waals surface area contributed by atoms with Crippen LogP contribution in [0.2, 0.25) is 0 Å². The van der Waals surface area contributed by atoms with E-state index in [0.717, 1.165) is 5.56 Å². The summed E-state index contributed by atoms with van der Waals surface area (Å²) in [7, 11) is -3.85. The number of hydrogen-bond donors (Lipinski definition) is 3. The average Bonchev–Trinajstić information content (AvgIpc) is 2.38. The monoisotopic (exact) mass is 309 g/mol. The van der Waals surface area contributed by atoms with Crippen LogP contribution in [0.25, 0.3) is 0 Å². The fourth-order valence-corrected chi connectivity index (χ4v) is 2.87. The van der Waals surface area contributed by atoms with Crippen LogP contribution in [0.5, 0.6) is 0 Å². The van der Waals surface area contributed by atoms with Crippen LogP contribution in [0, 0.1) is 12.7 Å². The van der Waals surface area contributed by atoms with Crippen LogP contribution < -0.4 is 16.2 Å². The largest absolute Gasteiger partial charge is 0.399 e. The minimum Gasteiger partial charge on any atom is -0.399 e. The minimum absolute atomic E-state index is 0.0238. The van der Waals surface area contributed by atoms with E-state index >= 15 is 0 Å². The molecule has 2 rings (SSSR count). The molecule has 0 bridgehead atoms. The normalized spacial score (nSPS) is 11.4. The van der Waals surface area contributed by atoms with Gasteiger partial charge in [-0.25, -0.2) is 17.9 Å². The van der Waals surface area contributed by atoms with Crippen molar-refractivity contribution in [2.75, 3.05) is 11.1 Å². The fourth-order valence-electron chi connectivity index (χ4n) is 2.03. The van der Waals surface area contributed by atoms with Crippen LogP contribution >= 0.6 is 0 Å². The van der Waals surface area contributed by atoms with Crippen molar-refractivity contribution in [1.82, 2.24) is 0 Å². The average molecular weight is 309 g/mol. The highest BCUT2D eigenvalue weighted by atomic mass is 32.2. The summed E-state index contributed by atoms with van der Waals surface area (Å²) in [5.41, 5.74) is 7.73. The van der Waals surface area contributed by atoms with Gasteiger partial charge in [0.2, 0.25) is 10.0 Å². The zero-order valence-electron chi connectivity index (χ0n) is 11.4. The molecular weight excluding hydrogens is 293 g/mol. The Morgan fingerprint density at radius 3 is 2.57 bits per heavy atom. The van der Waals surface area contributed by atoms with Crippen LogP contribution in [0.3, 0.4) is 0 Å². The molecule has 0 saturated heterocycles. The molecule has 0 heterocycles. The van der Waals surface area contributed by atoms with Crippen LogP contribution in [0.1, 0.15) is 11.1 Å². The Morgan fingerprint density at radius 1 is 1.24 bits per heavy atom. The molecule has 0 aliphatic rings. The zero-order chi connectivity index (χ0) is 15.6. The molecule has 0 fully saturated rings. The van der Waals surface area contributed by atoms with E-state index in [-0.39, 0.29) is 16.4 Å². The van der Waals surface area contributed by atoms with Gasteiger partial charge in [-0.05, 0) is 42.3 Å². The quantitative estimate of drug-likeness (QED) is 0.752. The summed E-state index contributed by atoms with van der Waals surface area (Å²) in [5.74, 6) is -0.330. The predicted octanol–water partition coefficient (Wildman–Crippen LogP) is 1.98. The summed E-state index contributed by atoms with van der Waals surface area (Å²) in [5, 5.41) is 8.20. The first-order chi connectivity index (χ1) is 9.77. The second kappa shape index (κ2) is 5.71.